The lowest BCUT2D eigenvalue weighted by Crippen LogP contribution is -2.42. The highest BCUT2D eigenvalue weighted by Crippen LogP contribution is 2.09. The van der Waals surface area contributed by atoms with Crippen LogP contribution < -0.4 is 5.32 Å². The van der Waals surface area contributed by atoms with Gasteiger partial charge in [-0.3, -0.25) is 4.79 Å². The molecule has 0 aliphatic rings. The second-order valence-corrected chi connectivity index (χ2v) is 4.70. The number of rotatable bonds is 5. The number of aromatic nitrogens is 4. The van der Waals surface area contributed by atoms with Crippen LogP contribution in [0.15, 0.2) is 23.1 Å². The average Bonchev–Trinajstić information content (AvgIpc) is 2.99. The number of carbonyl (C=O) groups is 1. The van der Waals surface area contributed by atoms with Crippen molar-refractivity contribution in [3.05, 3.63) is 29.9 Å². The zero-order valence-electron chi connectivity index (χ0n) is 11.2. The van der Waals surface area contributed by atoms with E-state index in [0.717, 1.165) is 0 Å². The molecule has 1 amide bonds. The lowest BCUT2D eigenvalue weighted by Gasteiger charge is -2.21. The first-order valence-electron chi connectivity index (χ1n) is 6.14. The van der Waals surface area contributed by atoms with E-state index in [1.807, 2.05) is 13.8 Å². The number of hydrogen-bond donors (Lipinski definition) is 1. The van der Waals surface area contributed by atoms with Crippen LogP contribution in [0.4, 0.5) is 0 Å². The summed E-state index contributed by atoms with van der Waals surface area (Å²) in [5.41, 5.74) is 0.457. The van der Waals surface area contributed by atoms with Crippen LogP contribution in [0.2, 0.25) is 0 Å². The molecule has 0 fully saturated rings. The fourth-order valence-electron chi connectivity index (χ4n) is 1.70. The van der Waals surface area contributed by atoms with Gasteiger partial charge in [0.2, 0.25) is 0 Å². The van der Waals surface area contributed by atoms with Crippen LogP contribution in [-0.2, 0) is 6.54 Å². The molecular weight excluding hydrogens is 246 g/mol. The Morgan fingerprint density at radius 2 is 2.11 bits per heavy atom. The van der Waals surface area contributed by atoms with Gasteiger partial charge in [0, 0.05) is 0 Å². The van der Waals surface area contributed by atoms with Gasteiger partial charge in [0.1, 0.15) is 11.3 Å². The van der Waals surface area contributed by atoms with Crippen LogP contribution in [0, 0.1) is 12.8 Å². The third-order valence-corrected chi connectivity index (χ3v) is 2.94. The van der Waals surface area contributed by atoms with Gasteiger partial charge in [-0.2, -0.15) is 15.0 Å². The van der Waals surface area contributed by atoms with Gasteiger partial charge in [0.05, 0.1) is 31.2 Å². The minimum absolute atomic E-state index is 0.0609. The van der Waals surface area contributed by atoms with E-state index in [9.17, 15) is 4.79 Å². The normalized spacial score (nSPS) is 12.6. The number of nitrogens with zero attached hydrogens (tertiary/aromatic N) is 4. The maximum atomic E-state index is 12.1. The van der Waals surface area contributed by atoms with Crippen molar-refractivity contribution < 1.29 is 9.32 Å². The molecule has 1 atom stereocenters. The summed E-state index contributed by atoms with van der Waals surface area (Å²) in [6, 6.07) is -0.0609. The highest BCUT2D eigenvalue weighted by molar-refractivity contribution is 5.94. The molecule has 0 saturated heterocycles. The first-order chi connectivity index (χ1) is 9.08. The molecule has 0 spiro atoms. The number of hydrogen-bond acceptors (Lipinski definition) is 5. The van der Waals surface area contributed by atoms with E-state index >= 15 is 0 Å². The second kappa shape index (κ2) is 5.64. The summed E-state index contributed by atoms with van der Waals surface area (Å²) in [5.74, 6) is 0.581. The topological polar surface area (TPSA) is 85.8 Å². The fraction of sp³-hybridized carbons (Fsp3) is 0.500. The molecular formula is C12H17N5O2. The van der Waals surface area contributed by atoms with Crippen LogP contribution in [0.5, 0.6) is 0 Å². The third-order valence-electron chi connectivity index (χ3n) is 2.94. The molecule has 102 valence electrons. The summed E-state index contributed by atoms with van der Waals surface area (Å²) < 4.78 is 4.89. The Morgan fingerprint density at radius 3 is 2.63 bits per heavy atom. The molecule has 2 aromatic rings. The Labute approximate surface area is 111 Å². The van der Waals surface area contributed by atoms with Gasteiger partial charge in [0.25, 0.3) is 5.91 Å². The molecule has 0 radical (unpaired) electrons. The lowest BCUT2D eigenvalue weighted by molar-refractivity contribution is 0.0916. The molecule has 0 bridgehead atoms. The molecule has 1 N–H and O–H groups in total. The van der Waals surface area contributed by atoms with Gasteiger partial charge in [-0.15, -0.1) is 0 Å². The molecule has 7 nitrogen and oxygen atoms in total. The molecule has 2 aromatic heterocycles. The second-order valence-electron chi connectivity index (χ2n) is 4.70. The van der Waals surface area contributed by atoms with Crippen LogP contribution in [0.1, 0.15) is 30.0 Å². The van der Waals surface area contributed by atoms with Crippen LogP contribution >= 0.6 is 0 Å². The predicted octanol–water partition coefficient (Wildman–Crippen LogP) is 1.03. The van der Waals surface area contributed by atoms with E-state index in [2.05, 4.69) is 20.7 Å². The Kier molecular flexibility index (Phi) is 3.94. The minimum Gasteiger partial charge on any atom is -0.361 e. The van der Waals surface area contributed by atoms with Crippen LogP contribution in [0.25, 0.3) is 0 Å². The van der Waals surface area contributed by atoms with Crippen molar-refractivity contribution in [3.63, 3.8) is 0 Å². The summed E-state index contributed by atoms with van der Waals surface area (Å²) in [6.07, 6.45) is 4.65. The molecule has 0 saturated carbocycles. The number of carbonyl (C=O) groups excluding carboxylic acids is 1. The van der Waals surface area contributed by atoms with Gasteiger partial charge < -0.3 is 9.84 Å². The summed E-state index contributed by atoms with van der Waals surface area (Å²) in [7, 11) is 0. The minimum atomic E-state index is -0.190. The van der Waals surface area contributed by atoms with Crippen LogP contribution in [0.3, 0.4) is 0 Å². The molecule has 7 heteroatoms. The van der Waals surface area contributed by atoms with Gasteiger partial charge in [0.15, 0.2) is 0 Å². The summed E-state index contributed by atoms with van der Waals surface area (Å²) in [4.78, 5) is 13.7. The van der Waals surface area contributed by atoms with Crippen molar-refractivity contribution in [1.82, 2.24) is 25.5 Å². The van der Waals surface area contributed by atoms with E-state index < -0.39 is 0 Å². The van der Waals surface area contributed by atoms with E-state index in [0.29, 0.717) is 17.9 Å². The maximum absolute atomic E-state index is 12.1. The van der Waals surface area contributed by atoms with E-state index in [-0.39, 0.29) is 17.9 Å². The van der Waals surface area contributed by atoms with Gasteiger partial charge >= 0.3 is 0 Å². The molecule has 0 aliphatic carbocycles. The summed E-state index contributed by atoms with van der Waals surface area (Å²) in [6.45, 7) is 6.31. The molecule has 2 rings (SSSR count). The Bertz CT molecular complexity index is 532. The van der Waals surface area contributed by atoms with Gasteiger partial charge in [-0.25, -0.2) is 0 Å². The van der Waals surface area contributed by atoms with Crippen molar-refractivity contribution in [2.45, 2.75) is 33.4 Å². The van der Waals surface area contributed by atoms with E-state index in [1.54, 1.807) is 24.1 Å². The monoisotopic (exact) mass is 263 g/mol. The fourth-order valence-corrected chi connectivity index (χ4v) is 1.70. The third kappa shape index (κ3) is 3.18. The van der Waals surface area contributed by atoms with Crippen molar-refractivity contribution in [2.24, 2.45) is 5.92 Å². The van der Waals surface area contributed by atoms with Gasteiger partial charge in [-0.05, 0) is 12.8 Å². The van der Waals surface area contributed by atoms with Crippen molar-refractivity contribution >= 4 is 5.91 Å². The van der Waals surface area contributed by atoms with E-state index in [1.165, 1.54) is 6.20 Å². The SMILES string of the molecule is Cc1oncc1C(=O)NC(Cn1nccn1)C(C)C. The van der Waals surface area contributed by atoms with E-state index in [4.69, 9.17) is 4.52 Å². The molecule has 0 aromatic carbocycles. The first-order valence-corrected chi connectivity index (χ1v) is 6.14. The van der Waals surface area contributed by atoms with Crippen molar-refractivity contribution in [3.8, 4) is 0 Å². The number of nitrogens with one attached hydrogen (secondary N) is 1. The highest BCUT2D eigenvalue weighted by Gasteiger charge is 2.20. The number of aryl methyl sites for hydroxylation is 1. The summed E-state index contributed by atoms with van der Waals surface area (Å²) >= 11 is 0. The van der Waals surface area contributed by atoms with Crippen LogP contribution in [-0.4, -0.2) is 32.1 Å². The Hall–Kier alpha value is -2.18. The zero-order chi connectivity index (χ0) is 13.8. The zero-order valence-corrected chi connectivity index (χ0v) is 11.2. The number of amides is 1. The maximum Gasteiger partial charge on any atom is 0.256 e. The van der Waals surface area contributed by atoms with Crippen molar-refractivity contribution in [1.29, 1.82) is 0 Å². The molecule has 19 heavy (non-hydrogen) atoms. The molecule has 1 unspecified atom stereocenters. The quantitative estimate of drug-likeness (QED) is 0.870. The van der Waals surface area contributed by atoms with Gasteiger partial charge in [-0.1, -0.05) is 19.0 Å². The standard InChI is InChI=1S/C12H17N5O2/c1-8(2)11(7-17-13-4-5-14-17)16-12(18)10-6-15-19-9(10)3/h4-6,8,11H,7H2,1-3H3,(H,16,18). The summed E-state index contributed by atoms with van der Waals surface area (Å²) in [5, 5.41) is 14.7. The first kappa shape index (κ1) is 13.3. The molecule has 2 heterocycles. The Balaban J connectivity index is 2.05. The smallest absolute Gasteiger partial charge is 0.256 e. The largest absolute Gasteiger partial charge is 0.361 e. The Morgan fingerprint density at radius 1 is 1.42 bits per heavy atom. The van der Waals surface area contributed by atoms with Crippen molar-refractivity contribution in [2.75, 3.05) is 0 Å². The lowest BCUT2D eigenvalue weighted by atomic mass is 10.0. The molecule has 0 aliphatic heterocycles. The predicted molar refractivity (Wildman–Crippen MR) is 67.4 cm³/mol. The highest BCUT2D eigenvalue weighted by atomic mass is 16.5. The average molecular weight is 263 g/mol.